The number of guanidine groups is 1. The van der Waals surface area contributed by atoms with Crippen LogP contribution in [0.25, 0.3) is 0 Å². The van der Waals surface area contributed by atoms with Crippen molar-refractivity contribution in [3.63, 3.8) is 0 Å². The first-order chi connectivity index (χ1) is 12.5. The van der Waals surface area contributed by atoms with Crippen LogP contribution < -0.4 is 5.32 Å². The van der Waals surface area contributed by atoms with Crippen LogP contribution in [0, 0.1) is 0 Å². The quantitative estimate of drug-likeness (QED) is 0.660. The van der Waals surface area contributed by atoms with E-state index in [0.29, 0.717) is 13.1 Å². The van der Waals surface area contributed by atoms with Gasteiger partial charge in [-0.2, -0.15) is 13.2 Å². The van der Waals surface area contributed by atoms with E-state index in [1.807, 2.05) is 12.1 Å². The Labute approximate surface area is 150 Å². The van der Waals surface area contributed by atoms with Crippen LogP contribution in [0.2, 0.25) is 0 Å². The fraction of sp³-hybridized carbons (Fsp3) is 0.421. The van der Waals surface area contributed by atoms with Gasteiger partial charge < -0.3 is 14.6 Å². The van der Waals surface area contributed by atoms with Crippen LogP contribution in [0.15, 0.2) is 52.1 Å². The smallest absolute Gasteiger partial charge is 0.416 e. The lowest BCUT2D eigenvalue weighted by Crippen LogP contribution is -2.40. The van der Waals surface area contributed by atoms with Crippen LogP contribution in [-0.4, -0.2) is 37.5 Å². The van der Waals surface area contributed by atoms with Gasteiger partial charge >= 0.3 is 6.18 Å². The molecule has 1 saturated heterocycles. The number of likely N-dealkylation sites (tertiary alicyclic amines) is 1. The molecule has 1 unspecified atom stereocenters. The lowest BCUT2D eigenvalue weighted by molar-refractivity contribution is -0.137. The molecule has 1 aromatic carbocycles. The molecule has 1 aliphatic heterocycles. The summed E-state index contributed by atoms with van der Waals surface area (Å²) in [5, 5.41) is 3.29. The third-order valence-electron chi connectivity index (χ3n) is 4.62. The maximum absolute atomic E-state index is 12.9. The molecule has 2 aromatic rings. The SMILES string of the molecule is CN=C(NCCc1ccco1)N1CCC(c2cccc(C(F)(F)F)c2)C1. The van der Waals surface area contributed by atoms with E-state index >= 15 is 0 Å². The molecule has 0 aliphatic carbocycles. The molecule has 0 saturated carbocycles. The molecule has 0 radical (unpaired) electrons. The molecule has 1 aromatic heterocycles. The number of rotatable bonds is 4. The lowest BCUT2D eigenvalue weighted by Gasteiger charge is -2.22. The Morgan fingerprint density at radius 3 is 2.85 bits per heavy atom. The molecule has 2 heterocycles. The Morgan fingerprint density at radius 1 is 1.31 bits per heavy atom. The van der Waals surface area contributed by atoms with Gasteiger partial charge in [-0.1, -0.05) is 18.2 Å². The molecule has 7 heteroatoms. The summed E-state index contributed by atoms with van der Waals surface area (Å²) in [6.07, 6.45) is -1.11. The highest BCUT2D eigenvalue weighted by molar-refractivity contribution is 5.80. The van der Waals surface area contributed by atoms with E-state index in [2.05, 4.69) is 15.2 Å². The number of nitrogens with one attached hydrogen (secondary N) is 1. The molecule has 26 heavy (non-hydrogen) atoms. The second kappa shape index (κ2) is 7.85. The van der Waals surface area contributed by atoms with Crippen molar-refractivity contribution in [1.82, 2.24) is 10.2 Å². The molecular weight excluding hydrogens is 343 g/mol. The first-order valence-electron chi connectivity index (χ1n) is 8.62. The summed E-state index contributed by atoms with van der Waals surface area (Å²) in [6.45, 7) is 2.11. The van der Waals surface area contributed by atoms with Crippen LogP contribution in [0.5, 0.6) is 0 Å². The van der Waals surface area contributed by atoms with Crippen molar-refractivity contribution in [2.45, 2.75) is 24.9 Å². The summed E-state index contributed by atoms with van der Waals surface area (Å²) < 4.78 is 44.1. The molecule has 1 fully saturated rings. The molecule has 1 N–H and O–H groups in total. The van der Waals surface area contributed by atoms with Gasteiger partial charge in [0.1, 0.15) is 5.76 Å². The van der Waals surface area contributed by atoms with Crippen molar-refractivity contribution in [2.24, 2.45) is 4.99 Å². The highest BCUT2D eigenvalue weighted by atomic mass is 19.4. The van der Waals surface area contributed by atoms with Crippen molar-refractivity contribution in [1.29, 1.82) is 0 Å². The van der Waals surface area contributed by atoms with E-state index in [0.717, 1.165) is 42.7 Å². The predicted molar refractivity (Wildman–Crippen MR) is 94.1 cm³/mol. The van der Waals surface area contributed by atoms with Gasteiger partial charge in [0.15, 0.2) is 5.96 Å². The highest BCUT2D eigenvalue weighted by Crippen LogP contribution is 2.33. The average Bonchev–Trinajstić information content (AvgIpc) is 3.30. The molecule has 1 aliphatic rings. The first-order valence-corrected chi connectivity index (χ1v) is 8.62. The van der Waals surface area contributed by atoms with E-state index < -0.39 is 11.7 Å². The van der Waals surface area contributed by atoms with E-state index in [-0.39, 0.29) is 5.92 Å². The number of alkyl halides is 3. The molecule has 4 nitrogen and oxygen atoms in total. The zero-order valence-electron chi connectivity index (χ0n) is 14.6. The Bertz CT molecular complexity index is 741. The van der Waals surface area contributed by atoms with Crippen molar-refractivity contribution in [3.8, 4) is 0 Å². The number of aliphatic imine (C=N–C) groups is 1. The largest absolute Gasteiger partial charge is 0.469 e. The van der Waals surface area contributed by atoms with Crippen LogP contribution in [-0.2, 0) is 12.6 Å². The monoisotopic (exact) mass is 365 g/mol. The summed E-state index contributed by atoms with van der Waals surface area (Å²) in [6, 6.07) is 9.41. The summed E-state index contributed by atoms with van der Waals surface area (Å²) >= 11 is 0. The van der Waals surface area contributed by atoms with E-state index in [1.165, 1.54) is 12.1 Å². The molecule has 0 amide bonds. The highest BCUT2D eigenvalue weighted by Gasteiger charge is 2.32. The Morgan fingerprint density at radius 2 is 2.15 bits per heavy atom. The van der Waals surface area contributed by atoms with Gasteiger partial charge in [-0.3, -0.25) is 4.99 Å². The number of halogens is 3. The van der Waals surface area contributed by atoms with Crippen molar-refractivity contribution >= 4 is 5.96 Å². The molecule has 1 atom stereocenters. The second-order valence-electron chi connectivity index (χ2n) is 6.36. The van der Waals surface area contributed by atoms with Crippen molar-refractivity contribution < 1.29 is 17.6 Å². The predicted octanol–water partition coefficient (Wildman–Crippen LogP) is 3.91. The number of nitrogens with zero attached hydrogens (tertiary/aromatic N) is 2. The van der Waals surface area contributed by atoms with Crippen molar-refractivity contribution in [3.05, 3.63) is 59.5 Å². The molecule has 140 valence electrons. The van der Waals surface area contributed by atoms with E-state index in [4.69, 9.17) is 4.42 Å². The molecule has 3 rings (SSSR count). The van der Waals surface area contributed by atoms with E-state index in [1.54, 1.807) is 19.4 Å². The normalized spacial score (nSPS) is 18.4. The third kappa shape index (κ3) is 4.39. The first kappa shape index (κ1) is 18.4. The summed E-state index contributed by atoms with van der Waals surface area (Å²) in [5.74, 6) is 1.74. The summed E-state index contributed by atoms with van der Waals surface area (Å²) in [5.41, 5.74) is 0.141. The number of hydrogen-bond acceptors (Lipinski definition) is 2. The van der Waals surface area contributed by atoms with Crippen LogP contribution >= 0.6 is 0 Å². The van der Waals surface area contributed by atoms with Gasteiger partial charge in [-0.15, -0.1) is 0 Å². The third-order valence-corrected chi connectivity index (χ3v) is 4.62. The molecular formula is C19H22F3N3O. The number of hydrogen-bond donors (Lipinski definition) is 1. The topological polar surface area (TPSA) is 40.8 Å². The van der Waals surface area contributed by atoms with Gasteiger partial charge in [-0.05, 0) is 30.2 Å². The lowest BCUT2D eigenvalue weighted by atomic mass is 9.96. The minimum atomic E-state index is -4.31. The average molecular weight is 365 g/mol. The van der Waals surface area contributed by atoms with Crippen LogP contribution in [0.4, 0.5) is 13.2 Å². The van der Waals surface area contributed by atoms with Gasteiger partial charge in [0, 0.05) is 39.0 Å². The van der Waals surface area contributed by atoms with Gasteiger partial charge in [0.05, 0.1) is 11.8 Å². The summed E-state index contributed by atoms with van der Waals surface area (Å²) in [7, 11) is 1.72. The minimum Gasteiger partial charge on any atom is -0.469 e. The molecule has 0 bridgehead atoms. The van der Waals surface area contributed by atoms with Crippen molar-refractivity contribution in [2.75, 3.05) is 26.7 Å². The van der Waals surface area contributed by atoms with Gasteiger partial charge in [-0.25, -0.2) is 0 Å². The Hall–Kier alpha value is -2.44. The second-order valence-corrected chi connectivity index (χ2v) is 6.36. The zero-order chi connectivity index (χ0) is 18.6. The van der Waals surface area contributed by atoms with E-state index in [9.17, 15) is 13.2 Å². The fourth-order valence-corrected chi connectivity index (χ4v) is 3.28. The van der Waals surface area contributed by atoms with Gasteiger partial charge in [0.2, 0.25) is 0 Å². The maximum Gasteiger partial charge on any atom is 0.416 e. The number of benzene rings is 1. The zero-order valence-corrected chi connectivity index (χ0v) is 14.6. The van der Waals surface area contributed by atoms with Crippen LogP contribution in [0.1, 0.15) is 29.2 Å². The Kier molecular flexibility index (Phi) is 5.54. The van der Waals surface area contributed by atoms with Gasteiger partial charge in [0.25, 0.3) is 0 Å². The fourth-order valence-electron chi connectivity index (χ4n) is 3.28. The standard InChI is InChI=1S/C19H22F3N3O/c1-23-18(24-9-7-17-6-3-11-26-17)25-10-8-15(13-25)14-4-2-5-16(12-14)19(20,21)22/h2-6,11-12,15H,7-10,13H2,1H3,(H,23,24). The molecule has 0 spiro atoms. The summed E-state index contributed by atoms with van der Waals surface area (Å²) in [4.78, 5) is 6.39. The van der Waals surface area contributed by atoms with Crippen LogP contribution in [0.3, 0.4) is 0 Å². The number of furan rings is 1. The maximum atomic E-state index is 12.9. The minimum absolute atomic E-state index is 0.0703. The Balaban J connectivity index is 1.58.